The molecule has 1 aromatic carbocycles. The van der Waals surface area contributed by atoms with E-state index in [9.17, 15) is 4.79 Å². The van der Waals surface area contributed by atoms with Crippen molar-refractivity contribution in [2.75, 3.05) is 18.5 Å². The number of rotatable bonds is 4. The molecule has 1 aliphatic rings. The average molecular weight is 221 g/mol. The third-order valence-corrected chi connectivity index (χ3v) is 2.39. The zero-order chi connectivity index (χ0) is 11.5. The highest BCUT2D eigenvalue weighted by atomic mass is 16.5. The number of hydrogen-bond donors (Lipinski definition) is 1. The SMILES string of the molecule is CCOc1cc2c(cc1OCC)NC(=O)C2. The van der Waals surface area contributed by atoms with Crippen LogP contribution in [0.3, 0.4) is 0 Å². The zero-order valence-electron chi connectivity index (χ0n) is 9.50. The van der Waals surface area contributed by atoms with Gasteiger partial charge in [-0.3, -0.25) is 4.79 Å². The molecule has 0 saturated carbocycles. The van der Waals surface area contributed by atoms with E-state index in [1.165, 1.54) is 0 Å². The maximum atomic E-state index is 11.2. The lowest BCUT2D eigenvalue weighted by Crippen LogP contribution is -2.03. The first-order chi connectivity index (χ1) is 7.74. The minimum atomic E-state index is 0.0195. The number of fused-ring (bicyclic) bond motifs is 1. The van der Waals surface area contributed by atoms with Crippen molar-refractivity contribution in [1.29, 1.82) is 0 Å². The standard InChI is InChI=1S/C12H15NO3/c1-3-15-10-5-8-6-12(14)13-9(8)7-11(10)16-4-2/h5,7H,3-4,6H2,1-2H3,(H,13,14). The third kappa shape index (κ3) is 1.96. The molecule has 1 aromatic rings. The molecule has 0 spiro atoms. The molecule has 1 heterocycles. The quantitative estimate of drug-likeness (QED) is 0.845. The number of carbonyl (C=O) groups excluding carboxylic acids is 1. The van der Waals surface area contributed by atoms with E-state index in [2.05, 4.69) is 5.32 Å². The van der Waals surface area contributed by atoms with Crippen molar-refractivity contribution in [1.82, 2.24) is 0 Å². The maximum absolute atomic E-state index is 11.2. The smallest absolute Gasteiger partial charge is 0.228 e. The number of ether oxygens (including phenoxy) is 2. The molecule has 0 aliphatic carbocycles. The summed E-state index contributed by atoms with van der Waals surface area (Å²) in [5.41, 5.74) is 1.80. The molecule has 0 radical (unpaired) electrons. The van der Waals surface area contributed by atoms with E-state index < -0.39 is 0 Å². The molecule has 0 unspecified atom stereocenters. The van der Waals surface area contributed by atoms with Crippen molar-refractivity contribution in [2.45, 2.75) is 20.3 Å². The molecule has 2 rings (SSSR count). The Morgan fingerprint density at radius 2 is 1.81 bits per heavy atom. The molecule has 0 fully saturated rings. The summed E-state index contributed by atoms with van der Waals surface area (Å²) in [5.74, 6) is 1.41. The summed E-state index contributed by atoms with van der Waals surface area (Å²) < 4.78 is 11.0. The fraction of sp³-hybridized carbons (Fsp3) is 0.417. The van der Waals surface area contributed by atoms with Gasteiger partial charge in [-0.05, 0) is 25.5 Å². The lowest BCUT2D eigenvalue weighted by molar-refractivity contribution is -0.115. The molecule has 1 amide bonds. The minimum Gasteiger partial charge on any atom is -0.490 e. The van der Waals surface area contributed by atoms with Crippen LogP contribution in [0, 0.1) is 0 Å². The van der Waals surface area contributed by atoms with Crippen molar-refractivity contribution in [3.63, 3.8) is 0 Å². The average Bonchev–Trinajstić information content (AvgIpc) is 2.58. The van der Waals surface area contributed by atoms with Crippen LogP contribution < -0.4 is 14.8 Å². The molecule has 0 aromatic heterocycles. The molecule has 4 heteroatoms. The van der Waals surface area contributed by atoms with Gasteiger partial charge in [-0.15, -0.1) is 0 Å². The highest BCUT2D eigenvalue weighted by molar-refractivity contribution is 5.99. The normalized spacial score (nSPS) is 13.2. The van der Waals surface area contributed by atoms with Crippen molar-refractivity contribution in [3.8, 4) is 11.5 Å². The van der Waals surface area contributed by atoms with Crippen LogP contribution in [0.5, 0.6) is 11.5 Å². The second kappa shape index (κ2) is 4.43. The van der Waals surface area contributed by atoms with E-state index in [1.807, 2.05) is 26.0 Å². The number of carbonyl (C=O) groups is 1. The van der Waals surface area contributed by atoms with Gasteiger partial charge < -0.3 is 14.8 Å². The molecule has 86 valence electrons. The van der Waals surface area contributed by atoms with E-state index in [-0.39, 0.29) is 5.91 Å². The van der Waals surface area contributed by atoms with Crippen LogP contribution >= 0.6 is 0 Å². The minimum absolute atomic E-state index is 0.0195. The van der Waals surface area contributed by atoms with Crippen LogP contribution in [0.25, 0.3) is 0 Å². The Bertz CT molecular complexity index is 378. The third-order valence-electron chi connectivity index (χ3n) is 2.39. The number of benzene rings is 1. The van der Waals surface area contributed by atoms with E-state index in [0.29, 0.717) is 31.1 Å². The van der Waals surface area contributed by atoms with Gasteiger partial charge in [0, 0.05) is 11.8 Å². The number of anilines is 1. The van der Waals surface area contributed by atoms with Crippen LogP contribution in [0.1, 0.15) is 19.4 Å². The Morgan fingerprint density at radius 3 is 2.44 bits per heavy atom. The molecule has 1 aliphatic heterocycles. The van der Waals surface area contributed by atoms with Crippen LogP contribution in [0.4, 0.5) is 5.69 Å². The Kier molecular flexibility index (Phi) is 2.99. The van der Waals surface area contributed by atoms with Gasteiger partial charge >= 0.3 is 0 Å². The van der Waals surface area contributed by atoms with Crippen molar-refractivity contribution >= 4 is 11.6 Å². The second-order valence-electron chi connectivity index (χ2n) is 3.55. The van der Waals surface area contributed by atoms with Crippen molar-refractivity contribution in [2.24, 2.45) is 0 Å². The number of hydrogen-bond acceptors (Lipinski definition) is 3. The maximum Gasteiger partial charge on any atom is 0.228 e. The predicted octanol–water partition coefficient (Wildman–Crippen LogP) is 1.98. The summed E-state index contributed by atoms with van der Waals surface area (Å²) in [6, 6.07) is 3.70. The lowest BCUT2D eigenvalue weighted by atomic mass is 10.1. The summed E-state index contributed by atoms with van der Waals surface area (Å²) in [4.78, 5) is 11.2. The highest BCUT2D eigenvalue weighted by Crippen LogP contribution is 2.36. The molecule has 0 saturated heterocycles. The van der Waals surface area contributed by atoms with Gasteiger partial charge in [-0.25, -0.2) is 0 Å². The Morgan fingerprint density at radius 1 is 1.19 bits per heavy atom. The lowest BCUT2D eigenvalue weighted by Gasteiger charge is -2.12. The summed E-state index contributed by atoms with van der Waals surface area (Å²) in [6.45, 7) is 5.00. The van der Waals surface area contributed by atoms with Crippen LogP contribution in [0.2, 0.25) is 0 Å². The molecular weight excluding hydrogens is 206 g/mol. The summed E-state index contributed by atoms with van der Waals surface area (Å²) in [7, 11) is 0. The summed E-state index contributed by atoms with van der Waals surface area (Å²) >= 11 is 0. The van der Waals surface area contributed by atoms with Gasteiger partial charge in [0.05, 0.1) is 19.6 Å². The first-order valence-electron chi connectivity index (χ1n) is 5.47. The van der Waals surface area contributed by atoms with Crippen molar-refractivity contribution < 1.29 is 14.3 Å². The van der Waals surface area contributed by atoms with Crippen LogP contribution in [0.15, 0.2) is 12.1 Å². The number of amides is 1. The topological polar surface area (TPSA) is 47.6 Å². The Balaban J connectivity index is 2.36. The van der Waals surface area contributed by atoms with Gasteiger partial charge in [0.2, 0.25) is 5.91 Å². The van der Waals surface area contributed by atoms with Gasteiger partial charge in [0.15, 0.2) is 11.5 Å². The second-order valence-corrected chi connectivity index (χ2v) is 3.55. The van der Waals surface area contributed by atoms with E-state index in [0.717, 1.165) is 11.3 Å². The van der Waals surface area contributed by atoms with E-state index >= 15 is 0 Å². The monoisotopic (exact) mass is 221 g/mol. The van der Waals surface area contributed by atoms with Crippen LogP contribution in [-0.2, 0) is 11.2 Å². The number of nitrogens with one attached hydrogen (secondary N) is 1. The summed E-state index contributed by atoms with van der Waals surface area (Å²) in [5, 5.41) is 2.79. The van der Waals surface area contributed by atoms with Gasteiger partial charge in [0.1, 0.15) is 0 Å². The largest absolute Gasteiger partial charge is 0.490 e. The Hall–Kier alpha value is -1.71. The highest BCUT2D eigenvalue weighted by Gasteiger charge is 2.20. The molecule has 0 bridgehead atoms. The molecule has 16 heavy (non-hydrogen) atoms. The van der Waals surface area contributed by atoms with Gasteiger partial charge in [-0.1, -0.05) is 0 Å². The first kappa shape index (κ1) is 10.8. The molecule has 4 nitrogen and oxygen atoms in total. The van der Waals surface area contributed by atoms with Gasteiger partial charge in [0.25, 0.3) is 0 Å². The fourth-order valence-corrected chi connectivity index (χ4v) is 1.77. The molecular formula is C12H15NO3. The fourth-order valence-electron chi connectivity index (χ4n) is 1.77. The molecule has 1 N–H and O–H groups in total. The van der Waals surface area contributed by atoms with E-state index in [4.69, 9.17) is 9.47 Å². The predicted molar refractivity (Wildman–Crippen MR) is 61.1 cm³/mol. The Labute approximate surface area is 94.6 Å². The molecule has 0 atom stereocenters. The zero-order valence-corrected chi connectivity index (χ0v) is 9.50. The van der Waals surface area contributed by atoms with Crippen LogP contribution in [-0.4, -0.2) is 19.1 Å². The first-order valence-corrected chi connectivity index (χ1v) is 5.47. The van der Waals surface area contributed by atoms with E-state index in [1.54, 1.807) is 0 Å². The summed E-state index contributed by atoms with van der Waals surface area (Å²) in [6.07, 6.45) is 0.418. The van der Waals surface area contributed by atoms with Crippen molar-refractivity contribution in [3.05, 3.63) is 17.7 Å². The van der Waals surface area contributed by atoms with Gasteiger partial charge in [-0.2, -0.15) is 0 Å².